The largest absolute Gasteiger partial charge is 0.494 e. The van der Waals surface area contributed by atoms with Gasteiger partial charge in [0.2, 0.25) is 5.91 Å². The van der Waals surface area contributed by atoms with Crippen molar-refractivity contribution in [1.29, 1.82) is 0 Å². The van der Waals surface area contributed by atoms with Crippen molar-refractivity contribution in [1.82, 2.24) is 15.1 Å². The third kappa shape index (κ3) is 6.49. The van der Waals surface area contributed by atoms with Crippen LogP contribution in [0, 0.1) is 0 Å². The fraction of sp³-hybridized carbons (Fsp3) is 0.632. The molecular formula is C19H31N3O2. The first-order valence-electron chi connectivity index (χ1n) is 9.07. The van der Waals surface area contributed by atoms with Crippen LogP contribution in [0.1, 0.15) is 25.3 Å². The molecule has 0 unspecified atom stereocenters. The lowest BCUT2D eigenvalue weighted by Gasteiger charge is -2.32. The Kier molecular flexibility index (Phi) is 8.05. The van der Waals surface area contributed by atoms with Gasteiger partial charge in [-0.15, -0.1) is 0 Å². The molecule has 0 radical (unpaired) electrons. The Hall–Kier alpha value is -1.59. The monoisotopic (exact) mass is 333 g/mol. The molecule has 1 aromatic carbocycles. The highest BCUT2D eigenvalue weighted by Gasteiger charge is 2.13. The number of hydrogen-bond acceptors (Lipinski definition) is 4. The van der Waals surface area contributed by atoms with E-state index >= 15 is 0 Å². The number of para-hydroxylation sites is 1. The van der Waals surface area contributed by atoms with Crippen LogP contribution < -0.4 is 10.1 Å². The molecule has 0 bridgehead atoms. The number of nitrogens with one attached hydrogen (secondary N) is 1. The lowest BCUT2D eigenvalue weighted by atomic mass is 10.1. The molecule has 0 saturated carbocycles. The molecule has 0 aliphatic carbocycles. The molecule has 5 heteroatoms. The van der Waals surface area contributed by atoms with Gasteiger partial charge in [-0.2, -0.15) is 0 Å². The molecule has 1 heterocycles. The van der Waals surface area contributed by atoms with Crippen LogP contribution in [0.25, 0.3) is 0 Å². The quantitative estimate of drug-likeness (QED) is 0.700. The lowest BCUT2D eigenvalue weighted by molar-refractivity contribution is -0.121. The Bertz CT molecular complexity index is 499. The van der Waals surface area contributed by atoms with Crippen molar-refractivity contribution >= 4 is 5.91 Å². The van der Waals surface area contributed by atoms with Gasteiger partial charge in [0, 0.05) is 39.1 Å². The predicted molar refractivity (Wildman–Crippen MR) is 97.5 cm³/mol. The third-order valence-corrected chi connectivity index (χ3v) is 4.46. The average Bonchev–Trinajstić information content (AvgIpc) is 2.60. The number of carbonyl (C=O) groups excluding carboxylic acids is 1. The zero-order valence-corrected chi connectivity index (χ0v) is 15.1. The zero-order valence-electron chi connectivity index (χ0n) is 15.1. The van der Waals surface area contributed by atoms with Crippen molar-refractivity contribution in [3.8, 4) is 5.75 Å². The molecule has 1 amide bonds. The van der Waals surface area contributed by atoms with E-state index in [1.165, 1.54) is 0 Å². The smallest absolute Gasteiger partial charge is 0.220 e. The van der Waals surface area contributed by atoms with Crippen LogP contribution in [-0.4, -0.2) is 68.6 Å². The Labute approximate surface area is 146 Å². The van der Waals surface area contributed by atoms with Gasteiger partial charge in [-0.05, 0) is 45.0 Å². The average molecular weight is 333 g/mol. The molecule has 1 fully saturated rings. The van der Waals surface area contributed by atoms with E-state index in [0.29, 0.717) is 13.0 Å². The zero-order chi connectivity index (χ0) is 17.2. The number of likely N-dealkylation sites (N-methyl/N-ethyl adjacent to an activating group) is 1. The second kappa shape index (κ2) is 10.3. The van der Waals surface area contributed by atoms with E-state index in [9.17, 15) is 4.79 Å². The SMILES string of the molecule is CCOc1ccccc1CCC(=O)NCCCN1CCN(C)CC1. The van der Waals surface area contributed by atoms with Gasteiger partial charge < -0.3 is 19.9 Å². The number of aryl methyl sites for hydroxylation is 1. The maximum Gasteiger partial charge on any atom is 0.220 e. The number of carbonyl (C=O) groups is 1. The first kappa shape index (κ1) is 18.7. The first-order chi connectivity index (χ1) is 11.7. The molecule has 2 rings (SSSR count). The topological polar surface area (TPSA) is 44.8 Å². The van der Waals surface area contributed by atoms with Crippen LogP contribution in [0.15, 0.2) is 24.3 Å². The summed E-state index contributed by atoms with van der Waals surface area (Å²) in [7, 11) is 2.17. The summed E-state index contributed by atoms with van der Waals surface area (Å²) >= 11 is 0. The highest BCUT2D eigenvalue weighted by molar-refractivity contribution is 5.76. The third-order valence-electron chi connectivity index (χ3n) is 4.46. The Morgan fingerprint density at radius 3 is 2.71 bits per heavy atom. The van der Waals surface area contributed by atoms with E-state index in [1.54, 1.807) is 0 Å². The number of rotatable bonds is 9. The summed E-state index contributed by atoms with van der Waals surface area (Å²) in [6, 6.07) is 7.96. The summed E-state index contributed by atoms with van der Waals surface area (Å²) in [6.45, 7) is 9.02. The second-order valence-corrected chi connectivity index (χ2v) is 6.39. The molecule has 0 spiro atoms. The molecule has 1 N–H and O–H groups in total. The number of benzene rings is 1. The molecule has 1 aromatic rings. The van der Waals surface area contributed by atoms with Crippen LogP contribution in [-0.2, 0) is 11.2 Å². The Morgan fingerprint density at radius 2 is 1.96 bits per heavy atom. The summed E-state index contributed by atoms with van der Waals surface area (Å²) in [5.41, 5.74) is 1.10. The van der Waals surface area contributed by atoms with E-state index in [0.717, 1.165) is 63.4 Å². The Balaban J connectivity index is 1.60. The lowest BCUT2D eigenvalue weighted by Crippen LogP contribution is -2.45. The molecule has 1 saturated heterocycles. The molecule has 134 valence electrons. The van der Waals surface area contributed by atoms with E-state index in [-0.39, 0.29) is 5.91 Å². The molecule has 0 atom stereocenters. The van der Waals surface area contributed by atoms with E-state index in [1.807, 2.05) is 31.2 Å². The molecule has 0 aromatic heterocycles. The maximum absolute atomic E-state index is 12.0. The summed E-state index contributed by atoms with van der Waals surface area (Å²) in [4.78, 5) is 16.8. The maximum atomic E-state index is 12.0. The van der Waals surface area contributed by atoms with E-state index in [4.69, 9.17) is 4.74 Å². The van der Waals surface area contributed by atoms with Crippen molar-refractivity contribution in [2.24, 2.45) is 0 Å². The molecule has 5 nitrogen and oxygen atoms in total. The van der Waals surface area contributed by atoms with Gasteiger partial charge in [0.25, 0.3) is 0 Å². The highest BCUT2D eigenvalue weighted by atomic mass is 16.5. The Morgan fingerprint density at radius 1 is 1.21 bits per heavy atom. The minimum Gasteiger partial charge on any atom is -0.494 e. The summed E-state index contributed by atoms with van der Waals surface area (Å²) in [5, 5.41) is 3.04. The number of hydrogen-bond donors (Lipinski definition) is 1. The van der Waals surface area contributed by atoms with Crippen molar-refractivity contribution < 1.29 is 9.53 Å². The van der Waals surface area contributed by atoms with Gasteiger partial charge in [-0.1, -0.05) is 18.2 Å². The van der Waals surface area contributed by atoms with Crippen molar-refractivity contribution in [2.45, 2.75) is 26.2 Å². The standard InChI is InChI=1S/C19H31N3O2/c1-3-24-18-8-5-4-7-17(18)9-10-19(23)20-11-6-12-22-15-13-21(2)14-16-22/h4-5,7-8H,3,6,9-16H2,1-2H3,(H,20,23). The van der Waals surface area contributed by atoms with Crippen LogP contribution in [0.2, 0.25) is 0 Å². The minimum absolute atomic E-state index is 0.125. The van der Waals surface area contributed by atoms with Gasteiger partial charge in [-0.3, -0.25) is 4.79 Å². The van der Waals surface area contributed by atoms with Crippen LogP contribution in [0.4, 0.5) is 0 Å². The van der Waals surface area contributed by atoms with Gasteiger partial charge in [0.15, 0.2) is 0 Å². The second-order valence-electron chi connectivity index (χ2n) is 6.39. The fourth-order valence-electron chi connectivity index (χ4n) is 2.95. The van der Waals surface area contributed by atoms with Crippen molar-refractivity contribution in [2.75, 3.05) is 52.9 Å². The van der Waals surface area contributed by atoms with E-state index in [2.05, 4.69) is 22.2 Å². The van der Waals surface area contributed by atoms with Gasteiger partial charge in [-0.25, -0.2) is 0 Å². The number of ether oxygens (including phenoxy) is 1. The fourth-order valence-corrected chi connectivity index (χ4v) is 2.95. The minimum atomic E-state index is 0.125. The molecule has 1 aliphatic rings. The van der Waals surface area contributed by atoms with Crippen LogP contribution in [0.5, 0.6) is 5.75 Å². The van der Waals surface area contributed by atoms with Crippen LogP contribution >= 0.6 is 0 Å². The highest BCUT2D eigenvalue weighted by Crippen LogP contribution is 2.19. The summed E-state index contributed by atoms with van der Waals surface area (Å²) in [6.07, 6.45) is 2.25. The van der Waals surface area contributed by atoms with Gasteiger partial charge in [0.05, 0.1) is 6.61 Å². The number of nitrogens with zero attached hydrogens (tertiary/aromatic N) is 2. The number of piperazine rings is 1. The van der Waals surface area contributed by atoms with Crippen LogP contribution in [0.3, 0.4) is 0 Å². The summed E-state index contributed by atoms with van der Waals surface area (Å²) in [5.74, 6) is 1.02. The van der Waals surface area contributed by atoms with E-state index < -0.39 is 0 Å². The van der Waals surface area contributed by atoms with Gasteiger partial charge in [0.1, 0.15) is 5.75 Å². The normalized spacial score (nSPS) is 16.1. The van der Waals surface area contributed by atoms with Crippen molar-refractivity contribution in [3.05, 3.63) is 29.8 Å². The summed E-state index contributed by atoms with van der Waals surface area (Å²) < 4.78 is 5.60. The molecule has 1 aliphatic heterocycles. The van der Waals surface area contributed by atoms with Crippen molar-refractivity contribution in [3.63, 3.8) is 0 Å². The predicted octanol–water partition coefficient (Wildman–Crippen LogP) is 1.77. The number of amides is 1. The van der Waals surface area contributed by atoms with Gasteiger partial charge >= 0.3 is 0 Å². The molecule has 24 heavy (non-hydrogen) atoms. The first-order valence-corrected chi connectivity index (χ1v) is 9.07. The molecular weight excluding hydrogens is 302 g/mol.